The van der Waals surface area contributed by atoms with Gasteiger partial charge in [0, 0.05) is 20.3 Å². The highest BCUT2D eigenvalue weighted by atomic mass is 16.5. The second-order valence-corrected chi connectivity index (χ2v) is 4.32. The molecule has 0 rings (SSSR count). The molecule has 0 aromatic rings. The molecule has 0 radical (unpaired) electrons. The lowest BCUT2D eigenvalue weighted by atomic mass is 9.91. The van der Waals surface area contributed by atoms with E-state index in [1.807, 2.05) is 0 Å². The van der Waals surface area contributed by atoms with Crippen molar-refractivity contribution in [1.29, 1.82) is 0 Å². The van der Waals surface area contributed by atoms with Crippen molar-refractivity contribution in [3.8, 4) is 0 Å². The first-order chi connectivity index (χ1) is 8.46. The zero-order chi connectivity index (χ0) is 14.0. The second kappa shape index (κ2) is 8.71. The van der Waals surface area contributed by atoms with Gasteiger partial charge in [-0.05, 0) is 20.3 Å². The summed E-state index contributed by atoms with van der Waals surface area (Å²) in [5.74, 6) is -0.397. The predicted molar refractivity (Wildman–Crippen MR) is 67.5 cm³/mol. The Morgan fingerprint density at radius 3 is 2.61 bits per heavy atom. The van der Waals surface area contributed by atoms with Gasteiger partial charge in [0.2, 0.25) is 5.91 Å². The number of carbonyl (C=O) groups is 1. The highest BCUT2D eigenvalue weighted by Crippen LogP contribution is 2.14. The zero-order valence-electron chi connectivity index (χ0n) is 11.2. The highest BCUT2D eigenvalue weighted by molar-refractivity contribution is 6.05. The Morgan fingerprint density at radius 1 is 1.39 bits per heavy atom. The molecule has 0 fully saturated rings. The van der Waals surface area contributed by atoms with Gasteiger partial charge in [0.25, 0.3) is 0 Å². The molecule has 18 heavy (non-hydrogen) atoms. The molecule has 1 amide bonds. The van der Waals surface area contributed by atoms with E-state index in [1.54, 1.807) is 21.0 Å². The van der Waals surface area contributed by atoms with Gasteiger partial charge in [0.05, 0.1) is 13.2 Å². The third-order valence-electron chi connectivity index (χ3n) is 2.50. The Balaban J connectivity index is 3.77. The maximum atomic E-state index is 11.8. The van der Waals surface area contributed by atoms with E-state index < -0.39 is 5.41 Å². The number of hydrogen-bond donors (Lipinski definition) is 3. The summed E-state index contributed by atoms with van der Waals surface area (Å²) in [5, 5.41) is 14.1. The molecular formula is C11H23N3O4. The SMILES string of the molecule is COCCOCCCNC(=O)C(C)(C)C(N)=NO. The monoisotopic (exact) mass is 261 g/mol. The van der Waals surface area contributed by atoms with Gasteiger partial charge < -0.3 is 25.7 Å². The minimum absolute atomic E-state index is 0.114. The van der Waals surface area contributed by atoms with Crippen LogP contribution in [0, 0.1) is 5.41 Å². The van der Waals surface area contributed by atoms with E-state index >= 15 is 0 Å². The third-order valence-corrected chi connectivity index (χ3v) is 2.50. The van der Waals surface area contributed by atoms with Crippen LogP contribution in [0.25, 0.3) is 0 Å². The topological polar surface area (TPSA) is 106 Å². The Morgan fingerprint density at radius 2 is 2.06 bits per heavy atom. The van der Waals surface area contributed by atoms with Crippen molar-refractivity contribution in [3.63, 3.8) is 0 Å². The van der Waals surface area contributed by atoms with Gasteiger partial charge in [-0.15, -0.1) is 0 Å². The minimum atomic E-state index is -1.02. The molecule has 0 aromatic heterocycles. The number of ether oxygens (including phenoxy) is 2. The summed E-state index contributed by atoms with van der Waals surface area (Å²) >= 11 is 0. The summed E-state index contributed by atoms with van der Waals surface area (Å²) in [6.07, 6.45) is 0.696. The van der Waals surface area contributed by atoms with Crippen molar-refractivity contribution in [1.82, 2.24) is 5.32 Å². The zero-order valence-corrected chi connectivity index (χ0v) is 11.2. The number of methoxy groups -OCH3 is 1. The smallest absolute Gasteiger partial charge is 0.233 e. The van der Waals surface area contributed by atoms with Crippen molar-refractivity contribution in [2.45, 2.75) is 20.3 Å². The summed E-state index contributed by atoms with van der Waals surface area (Å²) in [6, 6.07) is 0. The van der Waals surface area contributed by atoms with E-state index in [2.05, 4.69) is 10.5 Å². The lowest BCUT2D eigenvalue weighted by Gasteiger charge is -2.21. The highest BCUT2D eigenvalue weighted by Gasteiger charge is 2.32. The van der Waals surface area contributed by atoms with Crippen molar-refractivity contribution >= 4 is 11.7 Å². The average molecular weight is 261 g/mol. The van der Waals surface area contributed by atoms with E-state index in [4.69, 9.17) is 20.4 Å². The number of nitrogens with one attached hydrogen (secondary N) is 1. The molecule has 0 atom stereocenters. The molecule has 0 saturated heterocycles. The fraction of sp³-hybridized carbons (Fsp3) is 0.818. The van der Waals surface area contributed by atoms with Crippen LogP contribution >= 0.6 is 0 Å². The number of amidine groups is 1. The Labute approximate surface area is 107 Å². The quantitative estimate of drug-likeness (QED) is 0.177. The summed E-state index contributed by atoms with van der Waals surface area (Å²) in [5.41, 5.74) is 4.42. The van der Waals surface area contributed by atoms with E-state index in [-0.39, 0.29) is 11.7 Å². The van der Waals surface area contributed by atoms with Gasteiger partial charge in [0.15, 0.2) is 5.84 Å². The fourth-order valence-electron chi connectivity index (χ4n) is 1.08. The van der Waals surface area contributed by atoms with Crippen LogP contribution in [0.2, 0.25) is 0 Å². The lowest BCUT2D eigenvalue weighted by Crippen LogP contribution is -2.46. The second-order valence-electron chi connectivity index (χ2n) is 4.32. The Hall–Kier alpha value is -1.34. The van der Waals surface area contributed by atoms with Crippen LogP contribution in [0.3, 0.4) is 0 Å². The van der Waals surface area contributed by atoms with E-state index in [1.165, 1.54) is 0 Å². The number of rotatable bonds is 9. The number of amides is 1. The molecule has 0 saturated carbocycles. The minimum Gasteiger partial charge on any atom is -0.409 e. The summed E-state index contributed by atoms with van der Waals surface area (Å²) in [7, 11) is 1.61. The molecule has 0 unspecified atom stereocenters. The maximum absolute atomic E-state index is 11.8. The average Bonchev–Trinajstić information content (AvgIpc) is 2.36. The number of carbonyl (C=O) groups excluding carboxylic acids is 1. The van der Waals surface area contributed by atoms with Crippen molar-refractivity contribution in [3.05, 3.63) is 0 Å². The molecule has 0 aliphatic rings. The van der Waals surface area contributed by atoms with Gasteiger partial charge in [-0.25, -0.2) is 0 Å². The normalized spacial score (nSPS) is 12.5. The van der Waals surface area contributed by atoms with Gasteiger partial charge in [-0.3, -0.25) is 4.79 Å². The van der Waals surface area contributed by atoms with Crippen LogP contribution < -0.4 is 11.1 Å². The van der Waals surface area contributed by atoms with Gasteiger partial charge in [0.1, 0.15) is 5.41 Å². The standard InChI is InChI=1S/C11H23N3O4/c1-11(2,9(12)14-16)10(15)13-5-4-6-18-8-7-17-3/h16H,4-8H2,1-3H3,(H2,12,14)(H,13,15). The molecule has 0 heterocycles. The predicted octanol–water partition coefficient (Wildman–Crippen LogP) is -0.0717. The molecule has 7 heteroatoms. The summed E-state index contributed by atoms with van der Waals surface area (Å²) in [4.78, 5) is 11.8. The fourth-order valence-corrected chi connectivity index (χ4v) is 1.08. The molecule has 0 bridgehead atoms. The number of nitrogens with zero attached hydrogens (tertiary/aromatic N) is 1. The molecule has 0 spiro atoms. The van der Waals surface area contributed by atoms with Crippen LogP contribution in [-0.4, -0.2) is 50.4 Å². The number of nitrogens with two attached hydrogens (primary N) is 1. The first-order valence-corrected chi connectivity index (χ1v) is 5.79. The third kappa shape index (κ3) is 5.83. The first kappa shape index (κ1) is 16.7. The van der Waals surface area contributed by atoms with E-state index in [0.717, 1.165) is 0 Å². The van der Waals surface area contributed by atoms with Gasteiger partial charge in [-0.2, -0.15) is 0 Å². The van der Waals surface area contributed by atoms with Crippen molar-refractivity contribution < 1.29 is 19.5 Å². The molecule has 7 nitrogen and oxygen atoms in total. The number of oxime groups is 1. The molecule has 0 aliphatic heterocycles. The molecular weight excluding hydrogens is 238 g/mol. The van der Waals surface area contributed by atoms with Crippen LogP contribution in [0.1, 0.15) is 20.3 Å². The van der Waals surface area contributed by atoms with Gasteiger partial charge in [-0.1, -0.05) is 5.16 Å². The van der Waals surface area contributed by atoms with Crippen LogP contribution in [0.5, 0.6) is 0 Å². The van der Waals surface area contributed by atoms with Crippen LogP contribution in [-0.2, 0) is 14.3 Å². The Kier molecular flexibility index (Phi) is 8.06. The summed E-state index contributed by atoms with van der Waals surface area (Å²) < 4.78 is 10.1. The van der Waals surface area contributed by atoms with Crippen molar-refractivity contribution in [2.75, 3.05) is 33.5 Å². The molecule has 106 valence electrons. The molecule has 0 aromatic carbocycles. The summed E-state index contributed by atoms with van der Waals surface area (Å²) in [6.45, 7) is 5.31. The van der Waals surface area contributed by atoms with Gasteiger partial charge >= 0.3 is 0 Å². The van der Waals surface area contributed by atoms with Crippen LogP contribution in [0.15, 0.2) is 5.16 Å². The number of hydrogen-bond acceptors (Lipinski definition) is 5. The Bertz CT molecular complexity index is 279. The lowest BCUT2D eigenvalue weighted by molar-refractivity contribution is -0.126. The van der Waals surface area contributed by atoms with E-state index in [0.29, 0.717) is 32.8 Å². The first-order valence-electron chi connectivity index (χ1n) is 5.79. The maximum Gasteiger partial charge on any atom is 0.233 e. The van der Waals surface area contributed by atoms with E-state index in [9.17, 15) is 4.79 Å². The largest absolute Gasteiger partial charge is 0.409 e. The van der Waals surface area contributed by atoms with Crippen LogP contribution in [0.4, 0.5) is 0 Å². The molecule has 4 N–H and O–H groups in total. The van der Waals surface area contributed by atoms with Crippen molar-refractivity contribution in [2.24, 2.45) is 16.3 Å². The molecule has 0 aliphatic carbocycles.